The maximum atomic E-state index is 6.18. The van der Waals surface area contributed by atoms with Gasteiger partial charge in [-0.2, -0.15) is 4.98 Å². The van der Waals surface area contributed by atoms with Crippen LogP contribution >= 0.6 is 0 Å². The van der Waals surface area contributed by atoms with Gasteiger partial charge >= 0.3 is 0 Å². The first kappa shape index (κ1) is 13.9. The van der Waals surface area contributed by atoms with Crippen molar-refractivity contribution in [3.8, 4) is 5.88 Å². The number of hydrogen-bond acceptors (Lipinski definition) is 5. The van der Waals surface area contributed by atoms with Crippen molar-refractivity contribution in [2.45, 2.75) is 52.7 Å². The lowest BCUT2D eigenvalue weighted by molar-refractivity contribution is 0.234. The number of nitrogens with two attached hydrogens (primary N) is 1. The predicted molar refractivity (Wildman–Crippen MR) is 77.4 cm³/mol. The SMILES string of the molecule is CC(C)Oc1ncnc(N2CCCC2C(C)C)c1N. The molecule has 0 aromatic carbocycles. The summed E-state index contributed by atoms with van der Waals surface area (Å²) < 4.78 is 5.64. The lowest BCUT2D eigenvalue weighted by atomic mass is 10.0. The van der Waals surface area contributed by atoms with Crippen molar-refractivity contribution < 1.29 is 4.74 Å². The first-order chi connectivity index (χ1) is 9.00. The highest BCUT2D eigenvalue weighted by Crippen LogP contribution is 2.35. The van der Waals surface area contributed by atoms with Gasteiger partial charge < -0.3 is 15.4 Å². The lowest BCUT2D eigenvalue weighted by Gasteiger charge is -2.29. The second-order valence-electron chi connectivity index (χ2n) is 5.73. The smallest absolute Gasteiger partial charge is 0.242 e. The summed E-state index contributed by atoms with van der Waals surface area (Å²) in [6.07, 6.45) is 3.98. The van der Waals surface area contributed by atoms with Crippen molar-refractivity contribution in [2.24, 2.45) is 5.92 Å². The zero-order chi connectivity index (χ0) is 14.0. The minimum Gasteiger partial charge on any atom is -0.473 e. The van der Waals surface area contributed by atoms with Crippen LogP contribution in [0.25, 0.3) is 0 Å². The van der Waals surface area contributed by atoms with Gasteiger partial charge in [-0.1, -0.05) is 13.8 Å². The third-order valence-corrected chi connectivity index (χ3v) is 3.51. The second-order valence-corrected chi connectivity index (χ2v) is 5.73. The summed E-state index contributed by atoms with van der Waals surface area (Å²) in [5.74, 6) is 1.91. The maximum Gasteiger partial charge on any atom is 0.242 e. The number of ether oxygens (including phenoxy) is 1. The van der Waals surface area contributed by atoms with Crippen LogP contribution in [0.1, 0.15) is 40.5 Å². The first-order valence-corrected chi connectivity index (χ1v) is 7.04. The molecule has 1 aliphatic heterocycles. The third kappa shape index (κ3) is 2.91. The van der Waals surface area contributed by atoms with E-state index in [0.29, 0.717) is 23.5 Å². The summed E-state index contributed by atoms with van der Waals surface area (Å²) in [6, 6.07) is 0.504. The Morgan fingerprint density at radius 1 is 1.32 bits per heavy atom. The van der Waals surface area contributed by atoms with Gasteiger partial charge in [0.2, 0.25) is 5.88 Å². The molecule has 19 heavy (non-hydrogen) atoms. The second kappa shape index (κ2) is 5.63. The van der Waals surface area contributed by atoms with Crippen molar-refractivity contribution >= 4 is 11.5 Å². The van der Waals surface area contributed by atoms with E-state index in [1.807, 2.05) is 13.8 Å². The molecule has 0 saturated carbocycles. The molecule has 1 fully saturated rings. The Balaban J connectivity index is 2.29. The molecule has 1 atom stereocenters. The Hall–Kier alpha value is -1.52. The predicted octanol–water partition coefficient (Wildman–Crippen LogP) is 2.47. The molecule has 2 rings (SSSR count). The van der Waals surface area contributed by atoms with Crippen LogP contribution in [-0.2, 0) is 0 Å². The van der Waals surface area contributed by atoms with Crippen molar-refractivity contribution in [2.75, 3.05) is 17.2 Å². The van der Waals surface area contributed by atoms with Gasteiger partial charge in [-0.25, -0.2) is 4.98 Å². The molecule has 1 aromatic rings. The van der Waals surface area contributed by atoms with Gasteiger partial charge in [-0.3, -0.25) is 0 Å². The Kier molecular flexibility index (Phi) is 4.12. The molecule has 1 unspecified atom stereocenters. The number of anilines is 2. The zero-order valence-corrected chi connectivity index (χ0v) is 12.3. The van der Waals surface area contributed by atoms with E-state index in [1.165, 1.54) is 12.8 Å². The van der Waals surface area contributed by atoms with Crippen molar-refractivity contribution in [3.05, 3.63) is 6.33 Å². The van der Waals surface area contributed by atoms with Crippen molar-refractivity contribution in [3.63, 3.8) is 0 Å². The summed E-state index contributed by atoms with van der Waals surface area (Å²) in [5.41, 5.74) is 6.74. The molecule has 5 heteroatoms. The lowest BCUT2D eigenvalue weighted by Crippen LogP contribution is -2.34. The summed E-state index contributed by atoms with van der Waals surface area (Å²) in [7, 11) is 0. The molecule has 1 saturated heterocycles. The molecule has 0 spiro atoms. The van der Waals surface area contributed by atoms with Gasteiger partial charge in [0.25, 0.3) is 0 Å². The average molecular weight is 264 g/mol. The highest BCUT2D eigenvalue weighted by Gasteiger charge is 2.30. The van der Waals surface area contributed by atoms with E-state index in [-0.39, 0.29) is 6.10 Å². The fraction of sp³-hybridized carbons (Fsp3) is 0.714. The molecule has 0 aliphatic carbocycles. The Labute approximate surface area is 115 Å². The third-order valence-electron chi connectivity index (χ3n) is 3.51. The molecular formula is C14H24N4O. The van der Waals surface area contributed by atoms with E-state index < -0.39 is 0 Å². The van der Waals surface area contributed by atoms with E-state index >= 15 is 0 Å². The molecule has 1 aromatic heterocycles. The van der Waals surface area contributed by atoms with Gasteiger partial charge in [0.1, 0.15) is 12.0 Å². The van der Waals surface area contributed by atoms with E-state index in [9.17, 15) is 0 Å². The van der Waals surface area contributed by atoms with Gasteiger partial charge in [0.05, 0.1) is 6.10 Å². The Morgan fingerprint density at radius 3 is 2.68 bits per heavy atom. The van der Waals surface area contributed by atoms with Gasteiger partial charge in [-0.05, 0) is 32.6 Å². The first-order valence-electron chi connectivity index (χ1n) is 7.04. The number of hydrogen-bond donors (Lipinski definition) is 1. The van der Waals surface area contributed by atoms with E-state index in [1.54, 1.807) is 6.33 Å². The average Bonchev–Trinajstić information content (AvgIpc) is 2.80. The fourth-order valence-corrected chi connectivity index (χ4v) is 2.67. The molecular weight excluding hydrogens is 240 g/mol. The Bertz CT molecular complexity index is 433. The molecule has 2 N–H and O–H groups in total. The number of rotatable bonds is 4. The summed E-state index contributed by atoms with van der Waals surface area (Å²) in [4.78, 5) is 10.8. The molecule has 2 heterocycles. The van der Waals surface area contributed by atoms with Gasteiger partial charge in [0, 0.05) is 12.6 Å². The van der Waals surface area contributed by atoms with Crippen LogP contribution in [0.2, 0.25) is 0 Å². The van der Waals surface area contributed by atoms with Crippen LogP contribution in [0.4, 0.5) is 11.5 Å². The number of nitrogens with zero attached hydrogens (tertiary/aromatic N) is 3. The minimum atomic E-state index is 0.0597. The fourth-order valence-electron chi connectivity index (χ4n) is 2.67. The largest absolute Gasteiger partial charge is 0.473 e. The topological polar surface area (TPSA) is 64.3 Å². The standard InChI is InChI=1S/C14H24N4O/c1-9(2)11-6-5-7-18(11)13-12(15)14(17-8-16-13)19-10(3)4/h8-11H,5-7,15H2,1-4H3. The van der Waals surface area contributed by atoms with Crippen LogP contribution in [0.5, 0.6) is 5.88 Å². The van der Waals surface area contributed by atoms with Crippen LogP contribution in [0, 0.1) is 5.92 Å². The normalized spacial score (nSPS) is 19.5. The highest BCUT2D eigenvalue weighted by atomic mass is 16.5. The molecule has 0 bridgehead atoms. The molecule has 1 aliphatic rings. The van der Waals surface area contributed by atoms with Crippen molar-refractivity contribution in [1.82, 2.24) is 9.97 Å². The van der Waals surface area contributed by atoms with Crippen LogP contribution in [-0.4, -0.2) is 28.7 Å². The monoisotopic (exact) mass is 264 g/mol. The van der Waals surface area contributed by atoms with Crippen LogP contribution < -0.4 is 15.4 Å². The van der Waals surface area contributed by atoms with E-state index in [4.69, 9.17) is 10.5 Å². The quantitative estimate of drug-likeness (QED) is 0.905. The molecule has 5 nitrogen and oxygen atoms in total. The van der Waals surface area contributed by atoms with E-state index in [0.717, 1.165) is 12.4 Å². The summed E-state index contributed by atoms with van der Waals surface area (Å²) in [6.45, 7) is 9.42. The minimum absolute atomic E-state index is 0.0597. The Morgan fingerprint density at radius 2 is 2.05 bits per heavy atom. The van der Waals surface area contributed by atoms with Crippen LogP contribution in [0.3, 0.4) is 0 Å². The highest BCUT2D eigenvalue weighted by molar-refractivity contribution is 5.68. The van der Waals surface area contributed by atoms with E-state index in [2.05, 4.69) is 28.7 Å². The number of aromatic nitrogens is 2. The van der Waals surface area contributed by atoms with Crippen LogP contribution in [0.15, 0.2) is 6.33 Å². The zero-order valence-electron chi connectivity index (χ0n) is 12.3. The summed E-state index contributed by atoms with van der Waals surface area (Å²) in [5, 5.41) is 0. The summed E-state index contributed by atoms with van der Waals surface area (Å²) >= 11 is 0. The molecule has 0 amide bonds. The van der Waals surface area contributed by atoms with Crippen molar-refractivity contribution in [1.29, 1.82) is 0 Å². The molecule has 106 valence electrons. The van der Waals surface area contributed by atoms with Gasteiger partial charge in [0.15, 0.2) is 5.82 Å². The number of nitrogen functional groups attached to an aromatic ring is 1. The van der Waals surface area contributed by atoms with Gasteiger partial charge in [-0.15, -0.1) is 0 Å². The molecule has 0 radical (unpaired) electrons. The maximum absolute atomic E-state index is 6.18.